The summed E-state index contributed by atoms with van der Waals surface area (Å²) in [5, 5.41) is 2.79. The molecule has 1 heterocycles. The number of ether oxygens (including phenoxy) is 1. The highest BCUT2D eigenvalue weighted by Gasteiger charge is 2.75. The van der Waals surface area contributed by atoms with Gasteiger partial charge in [0.05, 0.1) is 5.69 Å². The molecular weight excluding hydrogens is 388 g/mol. The fourth-order valence-corrected chi connectivity index (χ4v) is 6.65. The molecule has 1 N–H and O–H groups in total. The highest BCUT2D eigenvalue weighted by molar-refractivity contribution is 7.95. The SMILES string of the molecule is C=CCOc1ccc(NC(=O)C23CC2CN(c2c(C)cccc2C)S3(=O)=O)cc1. The predicted octanol–water partition coefficient (Wildman–Crippen LogP) is 3.42. The van der Waals surface area contributed by atoms with Crippen LogP contribution in [0.1, 0.15) is 17.5 Å². The minimum absolute atomic E-state index is 0.193. The lowest BCUT2D eigenvalue weighted by molar-refractivity contribution is -0.116. The molecular formula is C22H24N2O4S. The molecule has 0 aromatic heterocycles. The van der Waals surface area contributed by atoms with Crippen LogP contribution in [-0.2, 0) is 14.8 Å². The van der Waals surface area contributed by atoms with E-state index < -0.39 is 20.7 Å². The summed E-state index contributed by atoms with van der Waals surface area (Å²) in [5.41, 5.74) is 3.01. The monoisotopic (exact) mass is 412 g/mol. The Morgan fingerprint density at radius 2 is 1.90 bits per heavy atom. The molecule has 1 saturated heterocycles. The number of fused-ring (bicyclic) bond motifs is 1. The van der Waals surface area contributed by atoms with E-state index in [1.54, 1.807) is 30.3 Å². The van der Waals surface area contributed by atoms with Crippen LogP contribution in [0.4, 0.5) is 11.4 Å². The largest absolute Gasteiger partial charge is 0.490 e. The topological polar surface area (TPSA) is 75.7 Å². The fraction of sp³-hybridized carbons (Fsp3) is 0.318. The maximum Gasteiger partial charge on any atom is 0.250 e. The average Bonchev–Trinajstić information content (AvgIpc) is 3.37. The van der Waals surface area contributed by atoms with Gasteiger partial charge in [0.1, 0.15) is 12.4 Å². The predicted molar refractivity (Wildman–Crippen MR) is 114 cm³/mol. The van der Waals surface area contributed by atoms with Gasteiger partial charge >= 0.3 is 0 Å². The van der Waals surface area contributed by atoms with E-state index in [9.17, 15) is 13.2 Å². The maximum atomic E-state index is 13.4. The van der Waals surface area contributed by atoms with E-state index in [1.807, 2.05) is 32.0 Å². The van der Waals surface area contributed by atoms with Crippen molar-refractivity contribution < 1.29 is 17.9 Å². The van der Waals surface area contributed by atoms with Crippen molar-refractivity contribution in [2.75, 3.05) is 22.8 Å². The van der Waals surface area contributed by atoms with Crippen molar-refractivity contribution in [3.05, 3.63) is 66.2 Å². The first kappa shape index (κ1) is 19.5. The Morgan fingerprint density at radius 1 is 1.24 bits per heavy atom. The molecule has 1 aliphatic heterocycles. The number of benzene rings is 2. The normalized spacial score (nSPS) is 23.9. The summed E-state index contributed by atoms with van der Waals surface area (Å²) >= 11 is 0. The first-order chi connectivity index (χ1) is 13.8. The van der Waals surface area contributed by atoms with Crippen molar-refractivity contribution in [3.63, 3.8) is 0 Å². The molecule has 0 radical (unpaired) electrons. The molecule has 2 aromatic rings. The van der Waals surface area contributed by atoms with Crippen molar-refractivity contribution in [1.82, 2.24) is 0 Å². The molecule has 29 heavy (non-hydrogen) atoms. The summed E-state index contributed by atoms with van der Waals surface area (Å²) < 4.78 is 32.3. The number of carbonyl (C=O) groups is 1. The lowest BCUT2D eigenvalue weighted by Crippen LogP contribution is -2.42. The van der Waals surface area contributed by atoms with Gasteiger partial charge < -0.3 is 10.1 Å². The summed E-state index contributed by atoms with van der Waals surface area (Å²) in [6.07, 6.45) is 2.01. The highest BCUT2D eigenvalue weighted by atomic mass is 32.2. The van der Waals surface area contributed by atoms with E-state index in [4.69, 9.17) is 4.74 Å². The number of hydrogen-bond acceptors (Lipinski definition) is 4. The molecule has 6 nitrogen and oxygen atoms in total. The zero-order chi connectivity index (χ0) is 20.8. The summed E-state index contributed by atoms with van der Waals surface area (Å²) in [6.45, 7) is 8.12. The number of nitrogens with one attached hydrogen (secondary N) is 1. The molecule has 0 bridgehead atoms. The molecule has 1 amide bonds. The van der Waals surface area contributed by atoms with Crippen LogP contribution in [-0.4, -0.2) is 32.2 Å². The second kappa shape index (κ2) is 6.91. The van der Waals surface area contributed by atoms with Crippen LogP contribution in [0, 0.1) is 19.8 Å². The minimum Gasteiger partial charge on any atom is -0.490 e. The van der Waals surface area contributed by atoms with E-state index in [1.165, 1.54) is 4.31 Å². The van der Waals surface area contributed by atoms with Crippen LogP contribution >= 0.6 is 0 Å². The van der Waals surface area contributed by atoms with E-state index in [0.29, 0.717) is 36.7 Å². The number of aryl methyl sites for hydroxylation is 2. The third kappa shape index (κ3) is 3.00. The first-order valence-corrected chi connectivity index (χ1v) is 11.0. The highest BCUT2D eigenvalue weighted by Crippen LogP contribution is 2.59. The number of amides is 1. The summed E-state index contributed by atoms with van der Waals surface area (Å²) in [7, 11) is -3.81. The van der Waals surface area contributed by atoms with Crippen molar-refractivity contribution >= 4 is 27.3 Å². The van der Waals surface area contributed by atoms with Crippen molar-refractivity contribution in [2.24, 2.45) is 5.92 Å². The lowest BCUT2D eigenvalue weighted by Gasteiger charge is -2.26. The van der Waals surface area contributed by atoms with E-state index >= 15 is 0 Å². The quantitative estimate of drug-likeness (QED) is 0.738. The Kier molecular flexibility index (Phi) is 4.65. The van der Waals surface area contributed by atoms with Gasteiger partial charge in [0, 0.05) is 18.2 Å². The van der Waals surface area contributed by atoms with Gasteiger partial charge in [-0.15, -0.1) is 0 Å². The molecule has 2 fully saturated rings. The van der Waals surface area contributed by atoms with Gasteiger partial charge in [-0.3, -0.25) is 9.10 Å². The van der Waals surface area contributed by atoms with Gasteiger partial charge in [0.25, 0.3) is 0 Å². The maximum absolute atomic E-state index is 13.4. The van der Waals surface area contributed by atoms with E-state index in [2.05, 4.69) is 11.9 Å². The van der Waals surface area contributed by atoms with Crippen LogP contribution in [0.3, 0.4) is 0 Å². The summed E-state index contributed by atoms with van der Waals surface area (Å²) in [4.78, 5) is 13.0. The van der Waals surface area contributed by atoms with Crippen LogP contribution in [0.5, 0.6) is 5.75 Å². The van der Waals surface area contributed by atoms with Gasteiger partial charge in [-0.25, -0.2) is 8.42 Å². The van der Waals surface area contributed by atoms with Crippen molar-refractivity contribution in [3.8, 4) is 5.75 Å². The zero-order valence-electron chi connectivity index (χ0n) is 16.5. The number of hydrogen-bond donors (Lipinski definition) is 1. The molecule has 1 saturated carbocycles. The molecule has 2 aliphatic rings. The molecule has 152 valence electrons. The smallest absolute Gasteiger partial charge is 0.250 e. The Hall–Kier alpha value is -2.80. The van der Waals surface area contributed by atoms with Crippen molar-refractivity contribution in [2.45, 2.75) is 25.0 Å². The second-order valence-corrected chi connectivity index (χ2v) is 9.76. The Morgan fingerprint density at radius 3 is 2.52 bits per heavy atom. The first-order valence-electron chi connectivity index (χ1n) is 9.55. The molecule has 0 spiro atoms. The molecule has 2 atom stereocenters. The van der Waals surface area contributed by atoms with Gasteiger partial charge in [-0.05, 0) is 55.7 Å². The average molecular weight is 413 g/mol. The fourth-order valence-electron chi connectivity index (χ4n) is 4.16. The third-order valence-corrected chi connectivity index (χ3v) is 8.26. The molecule has 7 heteroatoms. The van der Waals surface area contributed by atoms with E-state index in [0.717, 1.165) is 11.1 Å². The Balaban J connectivity index is 1.56. The van der Waals surface area contributed by atoms with Crippen LogP contribution in [0.15, 0.2) is 55.1 Å². The third-order valence-electron chi connectivity index (χ3n) is 5.74. The minimum atomic E-state index is -3.81. The number of para-hydroxylation sites is 1. The summed E-state index contributed by atoms with van der Waals surface area (Å²) in [5.74, 6) is -0.00208. The van der Waals surface area contributed by atoms with Gasteiger partial charge in [0.15, 0.2) is 4.75 Å². The van der Waals surface area contributed by atoms with Crippen LogP contribution < -0.4 is 14.4 Å². The Bertz CT molecular complexity index is 1060. The number of rotatable bonds is 6. The number of sulfonamides is 1. The summed E-state index contributed by atoms with van der Waals surface area (Å²) in [6, 6.07) is 12.6. The number of anilines is 2. The van der Waals surface area contributed by atoms with Crippen molar-refractivity contribution in [1.29, 1.82) is 0 Å². The second-order valence-electron chi connectivity index (χ2n) is 7.65. The lowest BCUT2D eigenvalue weighted by atomic mass is 10.1. The number of carbonyl (C=O) groups excluding carboxylic acids is 1. The standard InChI is InChI=1S/C22H24N2O4S/c1-4-12-28-19-10-8-18(9-11-19)23-21(25)22-13-17(22)14-24(29(22,26)27)20-15(2)6-5-7-16(20)3/h4-11,17H,1,12-14H2,2-3H3,(H,23,25). The van der Waals surface area contributed by atoms with Gasteiger partial charge in [0.2, 0.25) is 15.9 Å². The van der Waals surface area contributed by atoms with Gasteiger partial charge in [-0.2, -0.15) is 0 Å². The van der Waals surface area contributed by atoms with Crippen LogP contribution in [0.25, 0.3) is 0 Å². The zero-order valence-corrected chi connectivity index (χ0v) is 17.3. The number of nitrogens with zero attached hydrogens (tertiary/aromatic N) is 1. The van der Waals surface area contributed by atoms with E-state index in [-0.39, 0.29) is 5.92 Å². The molecule has 2 aromatic carbocycles. The molecule has 2 unspecified atom stereocenters. The molecule has 4 rings (SSSR count). The Labute approximate surface area is 171 Å². The van der Waals surface area contributed by atoms with Crippen LogP contribution in [0.2, 0.25) is 0 Å². The molecule has 1 aliphatic carbocycles. The van der Waals surface area contributed by atoms with Gasteiger partial charge in [-0.1, -0.05) is 30.9 Å².